The molecule has 0 radical (unpaired) electrons. The summed E-state index contributed by atoms with van der Waals surface area (Å²) in [5.74, 6) is -1.70. The molecule has 3 aliphatic carbocycles. The Hall–Kier alpha value is -1.20. The van der Waals surface area contributed by atoms with Crippen molar-refractivity contribution in [3.05, 3.63) is 34.3 Å². The molecule has 3 aliphatic rings. The van der Waals surface area contributed by atoms with Gasteiger partial charge in [-0.2, -0.15) is 0 Å². The summed E-state index contributed by atoms with van der Waals surface area (Å²) in [6, 6.07) is 9.45. The molecule has 4 rings (SSSR count). The maximum Gasteiger partial charge on any atom is 0.133 e. The van der Waals surface area contributed by atoms with Crippen LogP contribution in [-0.4, -0.2) is 23.8 Å². The Labute approximate surface area is 189 Å². The number of ketones is 1. The van der Waals surface area contributed by atoms with Crippen LogP contribution in [-0.2, 0) is 9.59 Å². The molecule has 0 spiro atoms. The number of halogens is 1. The van der Waals surface area contributed by atoms with Crippen molar-refractivity contribution >= 4 is 27.7 Å². The summed E-state index contributed by atoms with van der Waals surface area (Å²) in [4.78, 5) is 22.5. The van der Waals surface area contributed by atoms with Gasteiger partial charge in [-0.15, -0.1) is 0 Å². The normalized spacial score (nSPS) is 26.0. The highest BCUT2D eigenvalue weighted by atomic mass is 79.9. The van der Waals surface area contributed by atoms with Gasteiger partial charge >= 0.3 is 0 Å². The van der Waals surface area contributed by atoms with Crippen LogP contribution >= 0.6 is 15.9 Å². The predicted octanol–water partition coefficient (Wildman–Crippen LogP) is 3.87. The minimum absolute atomic E-state index is 0.135. The van der Waals surface area contributed by atoms with E-state index < -0.39 is 11.9 Å². The van der Waals surface area contributed by atoms with Crippen LogP contribution in [0.5, 0.6) is 0 Å². The Morgan fingerprint density at radius 1 is 0.867 bits per heavy atom. The first-order valence-electron chi connectivity index (χ1n) is 11.9. The SMILES string of the molecule is C1CCC([NH2+]C2CCCCC2)CC1.O=C1CC[C@@H](C(=O)[O-])[C@H](c2ccc(Br)cc2)C1. The number of carboxylic acids is 1. The lowest BCUT2D eigenvalue weighted by Crippen LogP contribution is -2.95. The molecule has 0 unspecified atom stereocenters. The molecule has 3 saturated carbocycles. The molecule has 0 heterocycles. The van der Waals surface area contributed by atoms with E-state index >= 15 is 0 Å². The largest absolute Gasteiger partial charge is 0.550 e. The van der Waals surface area contributed by atoms with E-state index in [1.807, 2.05) is 24.3 Å². The third-order valence-corrected chi connectivity index (χ3v) is 7.64. The molecule has 0 aliphatic heterocycles. The second-order valence-corrected chi connectivity index (χ2v) is 10.3. The van der Waals surface area contributed by atoms with E-state index in [0.717, 1.165) is 22.1 Å². The van der Waals surface area contributed by atoms with E-state index in [1.54, 1.807) is 0 Å². The average molecular weight is 478 g/mol. The predicted molar refractivity (Wildman–Crippen MR) is 120 cm³/mol. The number of nitrogens with two attached hydrogens (primary N) is 1. The monoisotopic (exact) mass is 477 g/mol. The fourth-order valence-corrected chi connectivity index (χ4v) is 5.65. The van der Waals surface area contributed by atoms with Crippen LogP contribution in [0.25, 0.3) is 0 Å². The van der Waals surface area contributed by atoms with Gasteiger partial charge < -0.3 is 15.2 Å². The average Bonchev–Trinajstić information content (AvgIpc) is 2.76. The minimum atomic E-state index is -1.05. The maximum absolute atomic E-state index is 11.5. The number of carbonyl (C=O) groups excluding carboxylic acids is 2. The summed E-state index contributed by atoms with van der Waals surface area (Å²) in [6.07, 6.45) is 16.0. The summed E-state index contributed by atoms with van der Waals surface area (Å²) in [6.45, 7) is 0. The molecular weight excluding hydrogens is 442 g/mol. The summed E-state index contributed by atoms with van der Waals surface area (Å²) >= 11 is 3.33. The second-order valence-electron chi connectivity index (χ2n) is 9.35. The second kappa shape index (κ2) is 12.0. The number of benzene rings is 1. The fourth-order valence-electron chi connectivity index (χ4n) is 5.39. The number of hydrogen-bond acceptors (Lipinski definition) is 3. The van der Waals surface area contributed by atoms with Gasteiger partial charge in [-0.25, -0.2) is 0 Å². The minimum Gasteiger partial charge on any atom is -0.550 e. The van der Waals surface area contributed by atoms with Crippen LogP contribution in [0.1, 0.15) is 95.0 Å². The van der Waals surface area contributed by atoms with Gasteiger partial charge in [0.25, 0.3) is 0 Å². The molecule has 30 heavy (non-hydrogen) atoms. The summed E-state index contributed by atoms with van der Waals surface area (Å²) in [5.41, 5.74) is 0.899. The number of carboxylic acid groups (broad SMARTS) is 1. The van der Waals surface area contributed by atoms with Crippen molar-refractivity contribution in [3.63, 3.8) is 0 Å². The molecule has 2 atom stereocenters. The van der Waals surface area contributed by atoms with Crippen molar-refractivity contribution in [1.29, 1.82) is 0 Å². The number of quaternary nitrogens is 1. The van der Waals surface area contributed by atoms with Gasteiger partial charge in [-0.3, -0.25) is 4.79 Å². The number of Topliss-reactive ketones (excluding diaryl/α,β-unsaturated/α-hetero) is 1. The number of hydrogen-bond donors (Lipinski definition) is 1. The molecule has 0 bridgehead atoms. The van der Waals surface area contributed by atoms with E-state index in [9.17, 15) is 14.7 Å². The van der Waals surface area contributed by atoms with E-state index in [1.165, 1.54) is 64.2 Å². The lowest BCUT2D eigenvalue weighted by molar-refractivity contribution is -0.725. The molecule has 0 amide bonds. The maximum atomic E-state index is 11.5. The Bertz CT molecular complexity index is 662. The third kappa shape index (κ3) is 7.19. The van der Waals surface area contributed by atoms with E-state index in [2.05, 4.69) is 21.2 Å². The highest BCUT2D eigenvalue weighted by Gasteiger charge is 2.31. The quantitative estimate of drug-likeness (QED) is 0.714. The summed E-state index contributed by atoms with van der Waals surface area (Å²) in [7, 11) is 0. The van der Waals surface area contributed by atoms with Gasteiger partial charge in [-0.05, 0) is 81.4 Å². The van der Waals surface area contributed by atoms with Crippen LogP contribution in [0.15, 0.2) is 28.7 Å². The molecule has 4 nitrogen and oxygen atoms in total. The third-order valence-electron chi connectivity index (χ3n) is 7.11. The van der Waals surface area contributed by atoms with Gasteiger partial charge in [0.2, 0.25) is 0 Å². The molecule has 3 fully saturated rings. The zero-order chi connectivity index (χ0) is 21.3. The molecule has 1 aromatic rings. The molecule has 166 valence electrons. The van der Waals surface area contributed by atoms with Gasteiger partial charge in [0.15, 0.2) is 0 Å². The topological polar surface area (TPSA) is 73.8 Å². The van der Waals surface area contributed by atoms with Crippen LogP contribution in [0.3, 0.4) is 0 Å². The molecular formula is C25H36BrNO3. The molecule has 2 N–H and O–H groups in total. The first kappa shape index (κ1) is 23.5. The fraction of sp³-hybridized carbons (Fsp3) is 0.680. The van der Waals surface area contributed by atoms with Crippen LogP contribution in [0.2, 0.25) is 0 Å². The zero-order valence-corrected chi connectivity index (χ0v) is 19.6. The van der Waals surface area contributed by atoms with Crippen LogP contribution < -0.4 is 10.4 Å². The van der Waals surface area contributed by atoms with E-state index in [-0.39, 0.29) is 11.7 Å². The molecule has 0 aromatic heterocycles. The van der Waals surface area contributed by atoms with Crippen molar-refractivity contribution in [1.82, 2.24) is 0 Å². The smallest absolute Gasteiger partial charge is 0.133 e. The van der Waals surface area contributed by atoms with Crippen molar-refractivity contribution in [2.24, 2.45) is 5.92 Å². The Morgan fingerprint density at radius 3 is 1.90 bits per heavy atom. The summed E-state index contributed by atoms with van der Waals surface area (Å²) < 4.78 is 0.938. The Balaban J connectivity index is 0.000000177. The molecule has 0 saturated heterocycles. The van der Waals surface area contributed by atoms with Gasteiger partial charge in [-0.1, -0.05) is 40.9 Å². The standard InChI is InChI=1S/C13H13BrO3.C12H23N/c14-9-3-1-8(2-4-9)12-7-10(15)5-6-11(12)13(16)17;1-3-7-11(8-4-1)13-12-9-5-2-6-10-12/h1-4,11-12H,5-7H2,(H,16,17);11-13H,1-10H2/t11-,12+;/m1./s1. The highest BCUT2D eigenvalue weighted by molar-refractivity contribution is 9.10. The van der Waals surface area contributed by atoms with Gasteiger partial charge in [0, 0.05) is 29.2 Å². The number of carbonyl (C=O) groups is 2. The van der Waals surface area contributed by atoms with Gasteiger partial charge in [0.05, 0.1) is 12.1 Å². The summed E-state index contributed by atoms with van der Waals surface area (Å²) in [5, 5.41) is 13.8. The Kier molecular flexibility index (Phi) is 9.38. The zero-order valence-electron chi connectivity index (χ0n) is 18.0. The lowest BCUT2D eigenvalue weighted by Gasteiger charge is -2.31. The van der Waals surface area contributed by atoms with Crippen LogP contribution in [0.4, 0.5) is 0 Å². The highest BCUT2D eigenvalue weighted by Crippen LogP contribution is 2.36. The first-order chi connectivity index (χ1) is 14.5. The first-order valence-corrected chi connectivity index (χ1v) is 12.6. The van der Waals surface area contributed by atoms with Crippen LogP contribution in [0, 0.1) is 5.92 Å². The van der Waals surface area contributed by atoms with E-state index in [4.69, 9.17) is 0 Å². The Morgan fingerprint density at radius 2 is 1.40 bits per heavy atom. The molecule has 5 heteroatoms. The van der Waals surface area contributed by atoms with Gasteiger partial charge in [0.1, 0.15) is 5.78 Å². The van der Waals surface area contributed by atoms with Crippen molar-refractivity contribution in [2.45, 2.75) is 101 Å². The molecule has 1 aromatic carbocycles. The number of aliphatic carboxylic acids is 1. The van der Waals surface area contributed by atoms with Crippen molar-refractivity contribution in [3.8, 4) is 0 Å². The van der Waals surface area contributed by atoms with Crippen molar-refractivity contribution in [2.75, 3.05) is 0 Å². The number of rotatable bonds is 4. The van der Waals surface area contributed by atoms with Crippen molar-refractivity contribution < 1.29 is 20.0 Å². The lowest BCUT2D eigenvalue weighted by atomic mass is 9.75. The van der Waals surface area contributed by atoms with E-state index in [0.29, 0.717) is 19.3 Å².